The van der Waals surface area contributed by atoms with Crippen LogP contribution in [-0.2, 0) is 9.53 Å². The Morgan fingerprint density at radius 1 is 1.12 bits per heavy atom. The number of esters is 1. The molecule has 5 rings (SSSR count). The second-order valence-corrected chi connectivity index (χ2v) is 12.5. The standard InChI is InChI=1S/C31H39ClFN5O4/c1-31(2,3)42-30(39)28(19-7-11-34-12-8-19)41-22-16-25-27(26(17-22)40-21-9-13-38(4)14-10-21)29(36-18-35-25)37-20-5-6-24(33)23(32)15-20/h5-6,15-19,21,28,34H,7-14H2,1-4H3,(H,35,36,37). The van der Waals surface area contributed by atoms with Crippen molar-refractivity contribution in [1.29, 1.82) is 0 Å². The number of hydrogen-bond donors (Lipinski definition) is 2. The van der Waals surface area contributed by atoms with E-state index in [-0.39, 0.29) is 23.0 Å². The number of fused-ring (bicyclic) bond motifs is 1. The number of nitrogens with one attached hydrogen (secondary N) is 2. The second-order valence-electron chi connectivity index (χ2n) is 12.1. The van der Waals surface area contributed by atoms with Crippen LogP contribution in [0.2, 0.25) is 5.02 Å². The van der Waals surface area contributed by atoms with Gasteiger partial charge in [0.1, 0.15) is 41.2 Å². The van der Waals surface area contributed by atoms with Crippen LogP contribution in [-0.4, -0.2) is 71.9 Å². The van der Waals surface area contributed by atoms with E-state index in [4.69, 9.17) is 25.8 Å². The molecule has 2 fully saturated rings. The van der Waals surface area contributed by atoms with E-state index in [1.807, 2.05) is 26.8 Å². The van der Waals surface area contributed by atoms with E-state index in [1.54, 1.807) is 12.1 Å². The first kappa shape index (κ1) is 30.3. The first-order valence-electron chi connectivity index (χ1n) is 14.5. The van der Waals surface area contributed by atoms with E-state index in [1.165, 1.54) is 18.5 Å². The maximum atomic E-state index is 13.8. The average molecular weight is 600 g/mol. The van der Waals surface area contributed by atoms with E-state index in [0.717, 1.165) is 51.9 Å². The lowest BCUT2D eigenvalue weighted by atomic mass is 9.92. The lowest BCUT2D eigenvalue weighted by molar-refractivity contribution is -0.166. The minimum atomic E-state index is -0.777. The van der Waals surface area contributed by atoms with Gasteiger partial charge in [0.05, 0.1) is 15.9 Å². The second kappa shape index (κ2) is 13.0. The van der Waals surface area contributed by atoms with Crippen LogP contribution < -0.4 is 20.1 Å². The van der Waals surface area contributed by atoms with Crippen molar-refractivity contribution in [3.63, 3.8) is 0 Å². The number of carbonyl (C=O) groups excluding carboxylic acids is 1. The fraction of sp³-hybridized carbons (Fsp3) is 0.516. The third kappa shape index (κ3) is 7.59. The van der Waals surface area contributed by atoms with Gasteiger partial charge in [0.15, 0.2) is 6.10 Å². The maximum absolute atomic E-state index is 13.8. The van der Waals surface area contributed by atoms with Gasteiger partial charge in [-0.3, -0.25) is 0 Å². The summed E-state index contributed by atoms with van der Waals surface area (Å²) in [6.07, 6.45) is 3.97. The number of aromatic nitrogens is 2. The summed E-state index contributed by atoms with van der Waals surface area (Å²) in [5.41, 5.74) is 0.506. The number of hydrogen-bond acceptors (Lipinski definition) is 9. The highest BCUT2D eigenvalue weighted by Gasteiger charge is 2.35. The van der Waals surface area contributed by atoms with Crippen LogP contribution in [0.15, 0.2) is 36.7 Å². The minimum absolute atomic E-state index is 0.000832. The molecule has 0 bridgehead atoms. The lowest BCUT2D eigenvalue weighted by Gasteiger charge is -2.32. The number of rotatable bonds is 8. The van der Waals surface area contributed by atoms with Gasteiger partial charge in [0.2, 0.25) is 0 Å². The summed E-state index contributed by atoms with van der Waals surface area (Å²) in [7, 11) is 2.10. The highest BCUT2D eigenvalue weighted by atomic mass is 35.5. The molecule has 0 amide bonds. The molecule has 3 aromatic rings. The Morgan fingerprint density at radius 3 is 2.55 bits per heavy atom. The maximum Gasteiger partial charge on any atom is 0.348 e. The molecule has 226 valence electrons. The van der Waals surface area contributed by atoms with Crippen molar-refractivity contribution in [2.24, 2.45) is 5.92 Å². The van der Waals surface area contributed by atoms with Crippen LogP contribution in [0.1, 0.15) is 46.5 Å². The smallest absolute Gasteiger partial charge is 0.348 e. The lowest BCUT2D eigenvalue weighted by Crippen LogP contribution is -2.44. The summed E-state index contributed by atoms with van der Waals surface area (Å²) in [5.74, 6) is 0.609. The summed E-state index contributed by atoms with van der Waals surface area (Å²) >= 11 is 6.03. The summed E-state index contributed by atoms with van der Waals surface area (Å²) in [6.45, 7) is 9.03. The zero-order valence-corrected chi connectivity index (χ0v) is 25.3. The predicted octanol–water partition coefficient (Wildman–Crippen LogP) is 5.73. The van der Waals surface area contributed by atoms with E-state index < -0.39 is 17.5 Å². The Bertz CT molecular complexity index is 1400. The molecule has 1 atom stereocenters. The SMILES string of the molecule is CN1CCC(Oc2cc(OC(C(=O)OC(C)(C)C)C3CCNCC3)cc3ncnc(Nc4ccc(F)c(Cl)c4)c23)CC1. The van der Waals surface area contributed by atoms with Gasteiger partial charge in [-0.05, 0) is 84.8 Å². The van der Waals surface area contributed by atoms with Crippen molar-refractivity contribution < 1.29 is 23.4 Å². The number of carbonyl (C=O) groups is 1. The van der Waals surface area contributed by atoms with Gasteiger partial charge in [0.25, 0.3) is 0 Å². The molecule has 1 unspecified atom stereocenters. The van der Waals surface area contributed by atoms with Crippen LogP contribution in [0, 0.1) is 11.7 Å². The average Bonchev–Trinajstić information content (AvgIpc) is 2.94. The number of anilines is 2. The Kier molecular flexibility index (Phi) is 9.35. The number of piperidine rings is 2. The number of benzene rings is 2. The molecule has 0 spiro atoms. The van der Waals surface area contributed by atoms with Gasteiger partial charge in [-0.2, -0.15) is 0 Å². The van der Waals surface area contributed by atoms with Crippen LogP contribution in [0.5, 0.6) is 11.5 Å². The normalized spacial score (nSPS) is 18.0. The largest absolute Gasteiger partial charge is 0.489 e. The number of halogens is 2. The van der Waals surface area contributed by atoms with Gasteiger partial charge < -0.3 is 29.7 Å². The van der Waals surface area contributed by atoms with Crippen LogP contribution in [0.3, 0.4) is 0 Å². The molecule has 0 saturated carbocycles. The van der Waals surface area contributed by atoms with Crippen LogP contribution in [0.4, 0.5) is 15.9 Å². The first-order chi connectivity index (χ1) is 20.1. The third-order valence-corrected chi connectivity index (χ3v) is 7.82. The van der Waals surface area contributed by atoms with Crippen molar-refractivity contribution in [3.8, 4) is 11.5 Å². The fourth-order valence-electron chi connectivity index (χ4n) is 5.37. The molecule has 9 nitrogen and oxygen atoms in total. The van der Waals surface area contributed by atoms with Gasteiger partial charge in [-0.25, -0.2) is 19.2 Å². The molecular weight excluding hydrogens is 561 g/mol. The summed E-state index contributed by atoms with van der Waals surface area (Å²) in [4.78, 5) is 24.7. The Labute approximate surface area is 251 Å². The van der Waals surface area contributed by atoms with Crippen molar-refractivity contribution in [2.45, 2.75) is 64.3 Å². The predicted molar refractivity (Wildman–Crippen MR) is 161 cm³/mol. The zero-order valence-electron chi connectivity index (χ0n) is 24.6. The molecule has 1 aromatic heterocycles. The number of ether oxygens (including phenoxy) is 3. The number of nitrogens with zero attached hydrogens (tertiary/aromatic N) is 3. The molecule has 2 aliphatic heterocycles. The fourth-order valence-corrected chi connectivity index (χ4v) is 5.55. The Balaban J connectivity index is 1.53. The third-order valence-electron chi connectivity index (χ3n) is 7.53. The van der Waals surface area contributed by atoms with Gasteiger partial charge in [-0.15, -0.1) is 0 Å². The van der Waals surface area contributed by atoms with Crippen molar-refractivity contribution in [1.82, 2.24) is 20.2 Å². The van der Waals surface area contributed by atoms with Gasteiger partial charge in [0, 0.05) is 36.8 Å². The highest BCUT2D eigenvalue weighted by molar-refractivity contribution is 6.31. The van der Waals surface area contributed by atoms with Gasteiger partial charge >= 0.3 is 5.97 Å². The van der Waals surface area contributed by atoms with Crippen molar-refractivity contribution in [3.05, 3.63) is 47.5 Å². The molecule has 2 saturated heterocycles. The molecule has 2 aromatic carbocycles. The quantitative estimate of drug-likeness (QED) is 0.315. The van der Waals surface area contributed by atoms with Crippen molar-refractivity contribution >= 4 is 40.0 Å². The molecule has 3 heterocycles. The van der Waals surface area contributed by atoms with E-state index in [0.29, 0.717) is 33.9 Å². The van der Waals surface area contributed by atoms with Crippen LogP contribution >= 0.6 is 11.6 Å². The highest BCUT2D eigenvalue weighted by Crippen LogP contribution is 2.38. The monoisotopic (exact) mass is 599 g/mol. The topological polar surface area (TPSA) is 97.8 Å². The molecule has 0 radical (unpaired) electrons. The van der Waals surface area contributed by atoms with E-state index in [9.17, 15) is 9.18 Å². The molecular formula is C31H39ClFN5O4. The van der Waals surface area contributed by atoms with E-state index >= 15 is 0 Å². The molecule has 11 heteroatoms. The molecule has 2 N–H and O–H groups in total. The molecule has 2 aliphatic rings. The molecule has 42 heavy (non-hydrogen) atoms. The van der Waals surface area contributed by atoms with E-state index in [2.05, 4.69) is 32.5 Å². The van der Waals surface area contributed by atoms with Crippen LogP contribution in [0.25, 0.3) is 10.9 Å². The van der Waals surface area contributed by atoms with Crippen molar-refractivity contribution in [2.75, 3.05) is 38.5 Å². The summed E-state index contributed by atoms with van der Waals surface area (Å²) in [5, 5.41) is 7.25. The Morgan fingerprint density at radius 2 is 1.86 bits per heavy atom. The summed E-state index contributed by atoms with van der Waals surface area (Å²) in [6, 6.07) is 8.00. The summed E-state index contributed by atoms with van der Waals surface area (Å²) < 4.78 is 32.7. The number of likely N-dealkylation sites (tertiary alicyclic amines) is 1. The Hall–Kier alpha value is -3.21. The van der Waals surface area contributed by atoms with Gasteiger partial charge in [-0.1, -0.05) is 11.6 Å². The molecule has 0 aliphatic carbocycles. The zero-order chi connectivity index (χ0) is 29.9. The first-order valence-corrected chi connectivity index (χ1v) is 14.9. The minimum Gasteiger partial charge on any atom is -0.489 e.